The van der Waals surface area contributed by atoms with Gasteiger partial charge in [-0.05, 0) is 66.9 Å². The van der Waals surface area contributed by atoms with E-state index in [-0.39, 0.29) is 5.91 Å². The van der Waals surface area contributed by atoms with Gasteiger partial charge in [0, 0.05) is 22.3 Å². The van der Waals surface area contributed by atoms with Crippen LogP contribution in [0, 0.1) is 13.8 Å². The van der Waals surface area contributed by atoms with Crippen molar-refractivity contribution in [3.05, 3.63) is 94.0 Å². The summed E-state index contributed by atoms with van der Waals surface area (Å²) < 4.78 is 11.5. The number of aryl methyl sites for hydroxylation is 2. The molecule has 1 N–H and O–H groups in total. The van der Waals surface area contributed by atoms with Crippen LogP contribution in [0.25, 0.3) is 6.08 Å². The molecule has 0 unspecified atom stereocenters. The van der Waals surface area contributed by atoms with Crippen LogP contribution in [0.2, 0.25) is 5.02 Å². The van der Waals surface area contributed by atoms with Gasteiger partial charge in [0.2, 0.25) is 5.91 Å². The summed E-state index contributed by atoms with van der Waals surface area (Å²) in [5.41, 5.74) is 4.80. The monoisotopic (exact) mass is 421 g/mol. The lowest BCUT2D eigenvalue weighted by atomic mass is 10.1. The molecule has 3 aromatic rings. The molecule has 0 heterocycles. The summed E-state index contributed by atoms with van der Waals surface area (Å²) in [6.45, 7) is 4.41. The van der Waals surface area contributed by atoms with Gasteiger partial charge in [0.1, 0.15) is 6.61 Å². The summed E-state index contributed by atoms with van der Waals surface area (Å²) in [6, 6.07) is 18.8. The Morgan fingerprint density at radius 2 is 1.80 bits per heavy atom. The lowest BCUT2D eigenvalue weighted by Gasteiger charge is -2.13. The number of carbonyl (C=O) groups is 1. The molecular formula is C25H24ClNO3. The average molecular weight is 422 g/mol. The average Bonchev–Trinajstić information content (AvgIpc) is 2.74. The predicted octanol–water partition coefficient (Wildman–Crippen LogP) is 6.20. The van der Waals surface area contributed by atoms with Gasteiger partial charge >= 0.3 is 0 Å². The molecule has 0 fully saturated rings. The van der Waals surface area contributed by atoms with Crippen LogP contribution in [0.3, 0.4) is 0 Å². The normalized spacial score (nSPS) is 10.8. The molecule has 154 valence electrons. The van der Waals surface area contributed by atoms with E-state index in [2.05, 4.69) is 5.32 Å². The molecule has 0 spiro atoms. The van der Waals surface area contributed by atoms with Crippen molar-refractivity contribution in [2.75, 3.05) is 12.4 Å². The third-order valence-corrected chi connectivity index (χ3v) is 4.97. The third kappa shape index (κ3) is 5.65. The number of nitrogens with one attached hydrogen (secondary N) is 1. The molecule has 0 saturated heterocycles. The summed E-state index contributed by atoms with van der Waals surface area (Å²) in [7, 11) is 1.59. The van der Waals surface area contributed by atoms with Crippen LogP contribution in [0.1, 0.15) is 22.3 Å². The maximum Gasteiger partial charge on any atom is 0.248 e. The Balaban J connectivity index is 1.74. The van der Waals surface area contributed by atoms with Gasteiger partial charge in [-0.2, -0.15) is 0 Å². The number of ether oxygens (including phenoxy) is 2. The molecule has 5 heteroatoms. The van der Waals surface area contributed by atoms with Crippen molar-refractivity contribution in [1.82, 2.24) is 0 Å². The van der Waals surface area contributed by atoms with Crippen molar-refractivity contribution in [2.45, 2.75) is 20.5 Å². The molecule has 0 aliphatic rings. The van der Waals surface area contributed by atoms with E-state index in [9.17, 15) is 4.79 Å². The Kier molecular flexibility index (Phi) is 7.15. The van der Waals surface area contributed by atoms with Gasteiger partial charge in [-0.15, -0.1) is 0 Å². The second-order valence-electron chi connectivity index (χ2n) is 6.92. The van der Waals surface area contributed by atoms with Crippen molar-refractivity contribution in [3.63, 3.8) is 0 Å². The topological polar surface area (TPSA) is 47.6 Å². The van der Waals surface area contributed by atoms with E-state index in [1.165, 1.54) is 11.6 Å². The molecule has 3 rings (SSSR count). The van der Waals surface area contributed by atoms with Crippen molar-refractivity contribution >= 4 is 29.3 Å². The molecule has 3 aromatic carbocycles. The highest BCUT2D eigenvalue weighted by Crippen LogP contribution is 2.33. The smallest absolute Gasteiger partial charge is 0.248 e. The fraction of sp³-hybridized carbons (Fsp3) is 0.160. The van der Waals surface area contributed by atoms with Crippen molar-refractivity contribution in [1.29, 1.82) is 0 Å². The number of amides is 1. The summed E-state index contributed by atoms with van der Waals surface area (Å²) in [6.07, 6.45) is 3.20. The maximum atomic E-state index is 12.4. The molecule has 0 aliphatic carbocycles. The Morgan fingerprint density at radius 1 is 1.03 bits per heavy atom. The highest BCUT2D eigenvalue weighted by molar-refractivity contribution is 6.30. The summed E-state index contributed by atoms with van der Waals surface area (Å²) in [5, 5.41) is 3.56. The molecule has 0 aliphatic heterocycles. The number of methoxy groups -OCH3 is 1. The van der Waals surface area contributed by atoms with Gasteiger partial charge in [-0.3, -0.25) is 4.79 Å². The van der Waals surface area contributed by atoms with Crippen LogP contribution in [0.4, 0.5) is 5.69 Å². The van der Waals surface area contributed by atoms with Crippen LogP contribution >= 0.6 is 11.6 Å². The lowest BCUT2D eigenvalue weighted by Crippen LogP contribution is -2.08. The van der Waals surface area contributed by atoms with E-state index in [0.29, 0.717) is 23.1 Å². The molecule has 1 amide bonds. The molecule has 4 nitrogen and oxygen atoms in total. The molecule has 0 aromatic heterocycles. The number of anilines is 1. The zero-order valence-electron chi connectivity index (χ0n) is 17.2. The van der Waals surface area contributed by atoms with E-state index >= 15 is 0 Å². The van der Waals surface area contributed by atoms with Crippen molar-refractivity contribution in [2.24, 2.45) is 0 Å². The van der Waals surface area contributed by atoms with Gasteiger partial charge in [-0.25, -0.2) is 0 Å². The van der Waals surface area contributed by atoms with Gasteiger partial charge in [0.15, 0.2) is 11.5 Å². The SMILES string of the molecule is COc1cccc(/C=C/C(=O)Nc2ccc(C)c(C)c2)c1OCc1ccc(Cl)cc1. The van der Waals surface area contributed by atoms with Crippen LogP contribution in [-0.2, 0) is 11.4 Å². The standard InChI is InChI=1S/C25H24ClNO3/c1-17-7-13-22(15-18(17)2)27-24(28)14-10-20-5-4-6-23(29-3)25(20)30-16-19-8-11-21(26)12-9-19/h4-15H,16H2,1-3H3,(H,27,28)/b14-10+. The van der Waals surface area contributed by atoms with E-state index in [4.69, 9.17) is 21.1 Å². The number of hydrogen-bond acceptors (Lipinski definition) is 3. The van der Waals surface area contributed by atoms with E-state index < -0.39 is 0 Å². The minimum atomic E-state index is -0.218. The Labute approximate surface area is 182 Å². The first-order valence-corrected chi connectivity index (χ1v) is 9.94. The highest BCUT2D eigenvalue weighted by atomic mass is 35.5. The zero-order valence-corrected chi connectivity index (χ0v) is 18.0. The minimum Gasteiger partial charge on any atom is -0.493 e. The zero-order chi connectivity index (χ0) is 21.5. The highest BCUT2D eigenvalue weighted by Gasteiger charge is 2.10. The van der Waals surface area contributed by atoms with E-state index in [1.54, 1.807) is 13.2 Å². The van der Waals surface area contributed by atoms with Crippen LogP contribution in [0.5, 0.6) is 11.5 Å². The lowest BCUT2D eigenvalue weighted by molar-refractivity contribution is -0.111. The largest absolute Gasteiger partial charge is 0.493 e. The second-order valence-corrected chi connectivity index (χ2v) is 7.35. The number of hydrogen-bond donors (Lipinski definition) is 1. The van der Waals surface area contributed by atoms with Gasteiger partial charge < -0.3 is 14.8 Å². The van der Waals surface area contributed by atoms with Gasteiger partial charge in [0.25, 0.3) is 0 Å². The number of benzene rings is 3. The van der Waals surface area contributed by atoms with E-state index in [1.807, 2.05) is 74.5 Å². The van der Waals surface area contributed by atoms with Crippen LogP contribution < -0.4 is 14.8 Å². The predicted molar refractivity (Wildman–Crippen MR) is 122 cm³/mol. The van der Waals surface area contributed by atoms with E-state index in [0.717, 1.165) is 22.4 Å². The van der Waals surface area contributed by atoms with Crippen molar-refractivity contribution in [3.8, 4) is 11.5 Å². The first-order chi connectivity index (χ1) is 14.5. The Hall–Kier alpha value is -3.24. The minimum absolute atomic E-state index is 0.218. The van der Waals surface area contributed by atoms with Crippen LogP contribution in [0.15, 0.2) is 66.7 Å². The fourth-order valence-corrected chi connectivity index (χ4v) is 3.01. The Bertz CT molecular complexity index is 1060. The Morgan fingerprint density at radius 3 is 2.50 bits per heavy atom. The number of rotatable bonds is 7. The van der Waals surface area contributed by atoms with Crippen molar-refractivity contribution < 1.29 is 14.3 Å². The molecule has 30 heavy (non-hydrogen) atoms. The molecular weight excluding hydrogens is 398 g/mol. The summed E-state index contributed by atoms with van der Waals surface area (Å²) in [5.74, 6) is 0.954. The quantitative estimate of drug-likeness (QED) is 0.462. The van der Waals surface area contributed by atoms with Gasteiger partial charge in [0.05, 0.1) is 7.11 Å². The maximum absolute atomic E-state index is 12.4. The summed E-state index contributed by atoms with van der Waals surface area (Å²) in [4.78, 5) is 12.4. The molecule has 0 bridgehead atoms. The molecule has 0 radical (unpaired) electrons. The number of halogens is 1. The second kappa shape index (κ2) is 9.99. The summed E-state index contributed by atoms with van der Waals surface area (Å²) >= 11 is 5.94. The first kappa shape index (κ1) is 21.5. The third-order valence-electron chi connectivity index (χ3n) is 4.71. The fourth-order valence-electron chi connectivity index (χ4n) is 2.88. The number of carbonyl (C=O) groups excluding carboxylic acids is 1. The first-order valence-electron chi connectivity index (χ1n) is 9.57. The molecule has 0 saturated carbocycles. The van der Waals surface area contributed by atoms with Gasteiger partial charge in [-0.1, -0.05) is 41.9 Å². The number of para-hydroxylation sites is 1. The molecule has 0 atom stereocenters. The van der Waals surface area contributed by atoms with Crippen LogP contribution in [-0.4, -0.2) is 13.0 Å².